The van der Waals surface area contributed by atoms with Crippen molar-refractivity contribution in [1.82, 2.24) is 14.6 Å². The molecule has 4 aromatic rings. The summed E-state index contributed by atoms with van der Waals surface area (Å²) >= 11 is 0. The SMILES string of the molecule is CC(C)OC(=O)C(C)(Cc1ccccc1)c1ccnc2c(-c3ccc(C(F)(F)F)cc3)cnn12. The lowest BCUT2D eigenvalue weighted by atomic mass is 9.80. The van der Waals surface area contributed by atoms with E-state index in [2.05, 4.69) is 10.1 Å². The zero-order valence-electron chi connectivity index (χ0n) is 19.0. The Morgan fingerprint density at radius 3 is 2.32 bits per heavy atom. The van der Waals surface area contributed by atoms with Crippen molar-refractivity contribution in [3.63, 3.8) is 0 Å². The van der Waals surface area contributed by atoms with E-state index in [1.54, 1.807) is 43.7 Å². The summed E-state index contributed by atoms with van der Waals surface area (Å²) in [6.07, 6.45) is -1.23. The summed E-state index contributed by atoms with van der Waals surface area (Å²) in [7, 11) is 0. The first kappa shape index (κ1) is 23.5. The van der Waals surface area contributed by atoms with Crippen LogP contribution in [0.15, 0.2) is 73.1 Å². The predicted octanol–water partition coefficient (Wildman–Crippen LogP) is 5.87. The zero-order valence-corrected chi connectivity index (χ0v) is 19.0. The summed E-state index contributed by atoms with van der Waals surface area (Å²) < 4.78 is 46.1. The molecule has 2 aromatic heterocycles. The number of nitrogens with zero attached hydrogens (tertiary/aromatic N) is 3. The predicted molar refractivity (Wildman–Crippen MR) is 122 cm³/mol. The van der Waals surface area contributed by atoms with Crippen LogP contribution >= 0.6 is 0 Å². The number of alkyl halides is 3. The van der Waals surface area contributed by atoms with Crippen LogP contribution in [0.2, 0.25) is 0 Å². The molecule has 0 saturated heterocycles. The molecule has 0 fully saturated rings. The molecule has 0 amide bonds. The van der Waals surface area contributed by atoms with Gasteiger partial charge in [0.1, 0.15) is 5.41 Å². The van der Waals surface area contributed by atoms with Crippen molar-refractivity contribution in [2.45, 2.75) is 44.9 Å². The van der Waals surface area contributed by atoms with Gasteiger partial charge < -0.3 is 4.74 Å². The van der Waals surface area contributed by atoms with Gasteiger partial charge in [-0.05, 0) is 56.5 Å². The summed E-state index contributed by atoms with van der Waals surface area (Å²) in [5, 5.41) is 4.46. The molecule has 0 spiro atoms. The normalized spacial score (nSPS) is 13.7. The van der Waals surface area contributed by atoms with Gasteiger partial charge in [0.05, 0.1) is 23.6 Å². The monoisotopic (exact) mass is 467 g/mol. The Morgan fingerprint density at radius 1 is 1.03 bits per heavy atom. The Balaban J connectivity index is 1.82. The lowest BCUT2D eigenvalue weighted by Crippen LogP contribution is -2.39. The van der Waals surface area contributed by atoms with E-state index in [0.29, 0.717) is 28.9 Å². The fraction of sp³-hybridized carbons (Fsp3) is 0.269. The maximum atomic E-state index is 13.3. The van der Waals surface area contributed by atoms with Crippen LogP contribution in [0, 0.1) is 0 Å². The molecule has 1 atom stereocenters. The van der Waals surface area contributed by atoms with Gasteiger partial charge in [0, 0.05) is 11.8 Å². The smallest absolute Gasteiger partial charge is 0.416 e. The molecule has 2 aromatic carbocycles. The Bertz CT molecular complexity index is 1300. The minimum atomic E-state index is -4.42. The molecule has 0 N–H and O–H groups in total. The average Bonchev–Trinajstić information content (AvgIpc) is 3.23. The van der Waals surface area contributed by atoms with Crippen LogP contribution < -0.4 is 0 Å². The molecular weight excluding hydrogens is 443 g/mol. The number of aromatic nitrogens is 3. The van der Waals surface area contributed by atoms with E-state index in [4.69, 9.17) is 4.74 Å². The van der Waals surface area contributed by atoms with Crippen molar-refractivity contribution in [3.05, 3.63) is 89.9 Å². The first-order valence-electron chi connectivity index (χ1n) is 10.9. The molecule has 0 aliphatic heterocycles. The second-order valence-corrected chi connectivity index (χ2v) is 8.65. The van der Waals surface area contributed by atoms with Crippen LogP contribution in [0.5, 0.6) is 0 Å². The highest BCUT2D eigenvalue weighted by Gasteiger charge is 2.40. The second-order valence-electron chi connectivity index (χ2n) is 8.65. The van der Waals surface area contributed by atoms with E-state index in [0.717, 1.165) is 17.7 Å². The minimum Gasteiger partial charge on any atom is -0.462 e. The Labute approximate surface area is 195 Å². The van der Waals surface area contributed by atoms with Gasteiger partial charge in [-0.1, -0.05) is 42.5 Å². The number of esters is 1. The molecule has 0 saturated carbocycles. The number of rotatable bonds is 6. The second kappa shape index (κ2) is 8.93. The molecule has 2 heterocycles. The third-order valence-corrected chi connectivity index (χ3v) is 5.68. The molecular formula is C26H24F3N3O2. The summed E-state index contributed by atoms with van der Waals surface area (Å²) in [6.45, 7) is 5.39. The van der Waals surface area contributed by atoms with Crippen molar-refractivity contribution in [1.29, 1.82) is 0 Å². The maximum absolute atomic E-state index is 13.3. The Kier molecular flexibility index (Phi) is 6.17. The lowest BCUT2D eigenvalue weighted by Gasteiger charge is -2.29. The van der Waals surface area contributed by atoms with Crippen molar-refractivity contribution in [2.75, 3.05) is 0 Å². The van der Waals surface area contributed by atoms with Crippen LogP contribution in [0.3, 0.4) is 0 Å². The highest BCUT2D eigenvalue weighted by molar-refractivity contribution is 5.84. The van der Waals surface area contributed by atoms with Gasteiger partial charge in [-0.3, -0.25) is 4.79 Å². The standard InChI is InChI=1S/C26H24F3N3O2/c1-17(2)34-24(33)25(3,15-18-7-5-4-6-8-18)22-13-14-30-23-21(16-31-32(22)23)19-9-11-20(12-10-19)26(27,28)29/h4-14,16-17H,15H2,1-3H3. The van der Waals surface area contributed by atoms with Gasteiger partial charge in [-0.2, -0.15) is 18.3 Å². The van der Waals surface area contributed by atoms with E-state index >= 15 is 0 Å². The maximum Gasteiger partial charge on any atom is 0.416 e. The largest absolute Gasteiger partial charge is 0.462 e. The first-order chi connectivity index (χ1) is 16.1. The molecule has 176 valence electrons. The highest BCUT2D eigenvalue weighted by atomic mass is 19.4. The van der Waals surface area contributed by atoms with Crippen molar-refractivity contribution >= 4 is 11.6 Å². The fourth-order valence-corrected chi connectivity index (χ4v) is 3.97. The van der Waals surface area contributed by atoms with Gasteiger partial charge >= 0.3 is 12.1 Å². The van der Waals surface area contributed by atoms with Gasteiger partial charge in [-0.25, -0.2) is 9.50 Å². The number of benzene rings is 2. The number of ether oxygens (including phenoxy) is 1. The fourth-order valence-electron chi connectivity index (χ4n) is 3.97. The molecule has 5 nitrogen and oxygen atoms in total. The number of carbonyl (C=O) groups excluding carboxylic acids is 1. The number of hydrogen-bond acceptors (Lipinski definition) is 4. The topological polar surface area (TPSA) is 56.5 Å². The Hall–Kier alpha value is -3.68. The minimum absolute atomic E-state index is 0.305. The quantitative estimate of drug-likeness (QED) is 0.333. The summed E-state index contributed by atoms with van der Waals surface area (Å²) in [5.74, 6) is -0.398. The molecule has 34 heavy (non-hydrogen) atoms. The number of halogens is 3. The number of fused-ring (bicyclic) bond motifs is 1. The molecule has 0 aliphatic carbocycles. The average molecular weight is 467 g/mol. The van der Waals surface area contributed by atoms with Gasteiger partial charge in [-0.15, -0.1) is 0 Å². The van der Waals surface area contributed by atoms with E-state index < -0.39 is 23.1 Å². The third kappa shape index (κ3) is 4.53. The van der Waals surface area contributed by atoms with Crippen LogP contribution in [-0.4, -0.2) is 26.7 Å². The van der Waals surface area contributed by atoms with E-state index in [1.807, 2.05) is 30.3 Å². The Morgan fingerprint density at radius 2 is 1.71 bits per heavy atom. The summed E-state index contributed by atoms with van der Waals surface area (Å²) in [4.78, 5) is 17.8. The van der Waals surface area contributed by atoms with Crippen LogP contribution in [0.1, 0.15) is 37.6 Å². The summed E-state index contributed by atoms with van der Waals surface area (Å²) in [6, 6.07) is 16.2. The summed E-state index contributed by atoms with van der Waals surface area (Å²) in [5.41, 5.74) is 1.26. The van der Waals surface area contributed by atoms with E-state index in [-0.39, 0.29) is 6.10 Å². The molecule has 1 unspecified atom stereocenters. The van der Waals surface area contributed by atoms with Crippen LogP contribution in [0.4, 0.5) is 13.2 Å². The molecule has 8 heteroatoms. The molecule has 0 bridgehead atoms. The molecule has 0 radical (unpaired) electrons. The lowest BCUT2D eigenvalue weighted by molar-refractivity contribution is -0.154. The van der Waals surface area contributed by atoms with Crippen LogP contribution in [0.25, 0.3) is 16.8 Å². The highest BCUT2D eigenvalue weighted by Crippen LogP contribution is 2.34. The number of carbonyl (C=O) groups is 1. The van der Waals surface area contributed by atoms with Crippen molar-refractivity contribution in [3.8, 4) is 11.1 Å². The van der Waals surface area contributed by atoms with Gasteiger partial charge in [0.15, 0.2) is 5.65 Å². The molecule has 0 aliphatic rings. The van der Waals surface area contributed by atoms with Crippen molar-refractivity contribution in [2.24, 2.45) is 0 Å². The number of hydrogen-bond donors (Lipinski definition) is 0. The van der Waals surface area contributed by atoms with E-state index in [9.17, 15) is 18.0 Å². The van der Waals surface area contributed by atoms with Crippen molar-refractivity contribution < 1.29 is 22.7 Å². The van der Waals surface area contributed by atoms with Gasteiger partial charge in [0.2, 0.25) is 0 Å². The van der Waals surface area contributed by atoms with Gasteiger partial charge in [0.25, 0.3) is 0 Å². The van der Waals surface area contributed by atoms with Crippen LogP contribution in [-0.2, 0) is 27.5 Å². The first-order valence-corrected chi connectivity index (χ1v) is 10.9. The van der Waals surface area contributed by atoms with E-state index in [1.165, 1.54) is 12.1 Å². The molecule has 4 rings (SSSR count). The third-order valence-electron chi connectivity index (χ3n) is 5.68. The zero-order chi connectivity index (χ0) is 24.5.